The molecular formula is C56H107NO5. The van der Waals surface area contributed by atoms with E-state index < -0.39 is 12.1 Å². The van der Waals surface area contributed by atoms with Crippen LogP contribution in [-0.2, 0) is 14.3 Å². The molecule has 0 aromatic rings. The fourth-order valence-electron chi connectivity index (χ4n) is 8.49. The zero-order valence-corrected chi connectivity index (χ0v) is 41.6. The van der Waals surface area contributed by atoms with Crippen molar-refractivity contribution in [2.75, 3.05) is 13.2 Å². The molecule has 0 bridgehead atoms. The fraction of sp³-hybridized carbons (Fsp3) is 0.893. The first-order valence-corrected chi connectivity index (χ1v) is 27.6. The van der Waals surface area contributed by atoms with Gasteiger partial charge in [0.1, 0.15) is 0 Å². The molecule has 0 fully saturated rings. The number of rotatable bonds is 51. The summed E-state index contributed by atoms with van der Waals surface area (Å²) in [5.41, 5.74) is 0. The third kappa shape index (κ3) is 47.8. The number of aliphatic hydroxyl groups excluding tert-OH is 2. The molecule has 0 aromatic heterocycles. The molecular weight excluding hydrogens is 767 g/mol. The molecule has 0 spiro atoms. The molecule has 6 nitrogen and oxygen atoms in total. The summed E-state index contributed by atoms with van der Waals surface area (Å²) >= 11 is 0. The third-order valence-electron chi connectivity index (χ3n) is 12.8. The number of hydrogen-bond acceptors (Lipinski definition) is 5. The van der Waals surface area contributed by atoms with Gasteiger partial charge in [0.05, 0.1) is 25.4 Å². The summed E-state index contributed by atoms with van der Waals surface area (Å²) in [5.74, 6) is -0.0651. The van der Waals surface area contributed by atoms with Crippen LogP contribution >= 0.6 is 0 Å². The highest BCUT2D eigenvalue weighted by Gasteiger charge is 2.20. The molecule has 62 heavy (non-hydrogen) atoms. The van der Waals surface area contributed by atoms with Gasteiger partial charge < -0.3 is 20.3 Å². The minimum Gasteiger partial charge on any atom is -0.466 e. The molecule has 2 unspecified atom stereocenters. The normalized spacial score (nSPS) is 12.8. The smallest absolute Gasteiger partial charge is 0.305 e. The monoisotopic (exact) mass is 874 g/mol. The molecule has 2 atom stereocenters. The van der Waals surface area contributed by atoms with Crippen LogP contribution in [0.25, 0.3) is 0 Å². The zero-order valence-electron chi connectivity index (χ0n) is 41.6. The zero-order chi connectivity index (χ0) is 45.1. The second-order valence-electron chi connectivity index (χ2n) is 18.9. The van der Waals surface area contributed by atoms with Crippen molar-refractivity contribution in [1.82, 2.24) is 5.32 Å². The van der Waals surface area contributed by atoms with Crippen molar-refractivity contribution >= 4 is 11.9 Å². The predicted octanol–water partition coefficient (Wildman–Crippen LogP) is 16.7. The summed E-state index contributed by atoms with van der Waals surface area (Å²) in [6.45, 7) is 4.91. The van der Waals surface area contributed by atoms with Crippen molar-refractivity contribution in [1.29, 1.82) is 0 Å². The van der Waals surface area contributed by atoms with Crippen molar-refractivity contribution in [3.8, 4) is 0 Å². The van der Waals surface area contributed by atoms with E-state index in [1.807, 2.05) is 0 Å². The highest BCUT2D eigenvalue weighted by Crippen LogP contribution is 2.17. The van der Waals surface area contributed by atoms with Gasteiger partial charge in [-0.1, -0.05) is 244 Å². The number of aliphatic hydroxyl groups is 2. The number of ether oxygens (including phenoxy) is 1. The van der Waals surface area contributed by atoms with Crippen LogP contribution in [0.1, 0.15) is 296 Å². The molecule has 0 rings (SSSR count). The minimum absolute atomic E-state index is 0.0156. The summed E-state index contributed by atoms with van der Waals surface area (Å²) in [5, 5.41) is 23.3. The van der Waals surface area contributed by atoms with Crippen LogP contribution < -0.4 is 5.32 Å². The highest BCUT2D eigenvalue weighted by atomic mass is 16.5. The molecule has 1 amide bonds. The first kappa shape index (κ1) is 60.3. The maximum absolute atomic E-state index is 12.5. The van der Waals surface area contributed by atoms with Crippen LogP contribution in [0, 0.1) is 0 Å². The Morgan fingerprint density at radius 1 is 0.452 bits per heavy atom. The first-order chi connectivity index (χ1) is 30.5. The van der Waals surface area contributed by atoms with Gasteiger partial charge in [-0.05, 0) is 64.2 Å². The molecule has 0 aliphatic carbocycles. The van der Waals surface area contributed by atoms with E-state index in [9.17, 15) is 19.8 Å². The van der Waals surface area contributed by atoms with Crippen molar-refractivity contribution in [2.24, 2.45) is 0 Å². The number of carbonyl (C=O) groups excluding carboxylic acids is 2. The molecule has 0 radical (unpaired) electrons. The first-order valence-electron chi connectivity index (χ1n) is 27.6. The van der Waals surface area contributed by atoms with E-state index in [0.29, 0.717) is 25.9 Å². The average Bonchev–Trinajstić information content (AvgIpc) is 3.27. The lowest BCUT2D eigenvalue weighted by Crippen LogP contribution is -2.45. The van der Waals surface area contributed by atoms with E-state index in [0.717, 1.165) is 83.5 Å². The molecule has 3 N–H and O–H groups in total. The maximum Gasteiger partial charge on any atom is 0.305 e. The molecule has 0 aliphatic heterocycles. The van der Waals surface area contributed by atoms with E-state index in [-0.39, 0.29) is 18.5 Å². The second-order valence-corrected chi connectivity index (χ2v) is 18.9. The van der Waals surface area contributed by atoms with Crippen LogP contribution in [0.3, 0.4) is 0 Å². The van der Waals surface area contributed by atoms with Crippen LogP contribution in [0.15, 0.2) is 24.3 Å². The summed E-state index contributed by atoms with van der Waals surface area (Å²) in [6, 6.07) is -0.553. The number of carbonyl (C=O) groups is 2. The lowest BCUT2D eigenvalue weighted by Gasteiger charge is -2.22. The highest BCUT2D eigenvalue weighted by molar-refractivity contribution is 5.76. The van der Waals surface area contributed by atoms with Crippen molar-refractivity contribution in [2.45, 2.75) is 309 Å². The summed E-state index contributed by atoms with van der Waals surface area (Å²) in [4.78, 5) is 24.4. The van der Waals surface area contributed by atoms with Crippen LogP contribution in [0.4, 0.5) is 0 Å². The molecule has 366 valence electrons. The molecule has 0 saturated heterocycles. The molecule has 6 heteroatoms. The SMILES string of the molecule is CCCCCCCCCCCCCCCCCCCC(O)C(CO)NC(=O)CCCCCCCCC/C=C\C/C=C\CCCCCOC(=O)CCCCCCCCCCCCC. The van der Waals surface area contributed by atoms with Gasteiger partial charge in [0.25, 0.3) is 0 Å². The quantitative estimate of drug-likeness (QED) is 0.0321. The van der Waals surface area contributed by atoms with Crippen molar-refractivity contribution < 1.29 is 24.5 Å². The van der Waals surface area contributed by atoms with Gasteiger partial charge in [-0.3, -0.25) is 9.59 Å². The van der Waals surface area contributed by atoms with E-state index in [1.165, 1.54) is 180 Å². The van der Waals surface area contributed by atoms with Crippen LogP contribution in [0.2, 0.25) is 0 Å². The predicted molar refractivity (Wildman–Crippen MR) is 269 cm³/mol. The largest absolute Gasteiger partial charge is 0.466 e. The van der Waals surface area contributed by atoms with E-state index in [1.54, 1.807) is 0 Å². The van der Waals surface area contributed by atoms with Gasteiger partial charge in [0, 0.05) is 12.8 Å². The van der Waals surface area contributed by atoms with Crippen molar-refractivity contribution in [3.05, 3.63) is 24.3 Å². The maximum atomic E-state index is 12.5. The summed E-state index contributed by atoms with van der Waals surface area (Å²) < 4.78 is 5.43. The number of esters is 1. The van der Waals surface area contributed by atoms with Gasteiger partial charge in [0.15, 0.2) is 0 Å². The lowest BCUT2D eigenvalue weighted by molar-refractivity contribution is -0.143. The number of unbranched alkanes of at least 4 members (excludes halogenated alkanes) is 36. The number of hydrogen-bond donors (Lipinski definition) is 3. The van der Waals surface area contributed by atoms with Gasteiger partial charge >= 0.3 is 5.97 Å². The Hall–Kier alpha value is -1.66. The summed E-state index contributed by atoms with van der Waals surface area (Å²) in [7, 11) is 0. The topological polar surface area (TPSA) is 95.9 Å². The summed E-state index contributed by atoms with van der Waals surface area (Å²) in [6.07, 6.45) is 61.6. The Kier molecular flexibility index (Phi) is 50.6. The Morgan fingerprint density at radius 2 is 0.806 bits per heavy atom. The van der Waals surface area contributed by atoms with Gasteiger partial charge in [-0.2, -0.15) is 0 Å². The number of allylic oxidation sites excluding steroid dienone is 4. The number of amides is 1. The van der Waals surface area contributed by atoms with Crippen molar-refractivity contribution in [3.63, 3.8) is 0 Å². The second kappa shape index (κ2) is 52.0. The number of nitrogens with one attached hydrogen (secondary N) is 1. The van der Waals surface area contributed by atoms with E-state index in [4.69, 9.17) is 4.74 Å². The van der Waals surface area contributed by atoms with Gasteiger partial charge in [-0.15, -0.1) is 0 Å². The third-order valence-corrected chi connectivity index (χ3v) is 12.8. The van der Waals surface area contributed by atoms with Crippen LogP contribution in [0.5, 0.6) is 0 Å². The minimum atomic E-state index is -0.674. The molecule has 0 saturated carbocycles. The Morgan fingerprint density at radius 3 is 1.23 bits per heavy atom. The van der Waals surface area contributed by atoms with Gasteiger partial charge in [-0.25, -0.2) is 0 Å². The Balaban J connectivity index is 3.51. The Labute approximate surface area is 386 Å². The lowest BCUT2D eigenvalue weighted by atomic mass is 10.0. The van der Waals surface area contributed by atoms with Gasteiger partial charge in [0.2, 0.25) is 5.91 Å². The molecule has 0 heterocycles. The fourth-order valence-corrected chi connectivity index (χ4v) is 8.49. The van der Waals surface area contributed by atoms with E-state index in [2.05, 4.69) is 43.5 Å². The Bertz CT molecular complexity index is 966. The molecule has 0 aromatic carbocycles. The molecule has 0 aliphatic rings. The van der Waals surface area contributed by atoms with Crippen LogP contribution in [-0.4, -0.2) is 47.4 Å². The standard InChI is InChI=1S/C56H107NO5/c1-3-5-7-9-11-13-15-16-17-19-22-25-29-32-36-40-44-48-54(59)53(52-58)57-55(60)49-45-41-37-33-30-26-23-20-18-21-24-27-31-35-39-43-47-51-62-56(61)50-46-42-38-34-28-14-12-10-8-6-4-2/h18,21,27,31,53-54,58-59H,3-17,19-20,22-26,28-30,32-52H2,1-2H3,(H,57,60)/b21-18-,31-27-. The van der Waals surface area contributed by atoms with E-state index >= 15 is 0 Å². The average molecular weight is 874 g/mol.